The molecule has 3 aromatic rings. The van der Waals surface area contributed by atoms with Gasteiger partial charge in [-0.05, 0) is 43.2 Å². The van der Waals surface area contributed by atoms with Gasteiger partial charge in [0.1, 0.15) is 0 Å². The lowest BCUT2D eigenvalue weighted by Gasteiger charge is -2.10. The summed E-state index contributed by atoms with van der Waals surface area (Å²) < 4.78 is 5.46. The standard InChI is InChI=1S/C16H13ClN2O3.C2H6/c1-8-3-4-18-13(5-8)22-15-14(20)10-6-9(2)11(17)7-12(10)19-16(15)21;1-2/h3-7H,1-2H3,(H2,19,20,21);1-2H3. The van der Waals surface area contributed by atoms with Gasteiger partial charge in [-0.15, -0.1) is 0 Å². The minimum Gasteiger partial charge on any atom is -0.504 e. The minimum absolute atomic E-state index is 0.188. The van der Waals surface area contributed by atoms with Gasteiger partial charge in [-0.25, -0.2) is 4.98 Å². The molecule has 0 aliphatic heterocycles. The Kier molecular flexibility index (Phi) is 5.46. The molecule has 0 fully saturated rings. The number of aromatic amines is 1. The zero-order valence-electron chi connectivity index (χ0n) is 14.0. The van der Waals surface area contributed by atoms with Crippen LogP contribution < -0.4 is 10.3 Å². The lowest BCUT2D eigenvalue weighted by molar-refractivity contribution is 0.401. The van der Waals surface area contributed by atoms with Crippen LogP contribution in [0.1, 0.15) is 25.0 Å². The number of H-pyrrole nitrogens is 1. The first-order valence-electron chi connectivity index (χ1n) is 7.61. The quantitative estimate of drug-likeness (QED) is 0.704. The van der Waals surface area contributed by atoms with E-state index in [0.29, 0.717) is 15.9 Å². The fraction of sp³-hybridized carbons (Fsp3) is 0.222. The van der Waals surface area contributed by atoms with E-state index < -0.39 is 5.56 Å². The number of nitrogens with one attached hydrogen (secondary N) is 1. The van der Waals surface area contributed by atoms with Crippen LogP contribution in [0.5, 0.6) is 17.4 Å². The highest BCUT2D eigenvalue weighted by Crippen LogP contribution is 2.34. The van der Waals surface area contributed by atoms with Gasteiger partial charge in [-0.3, -0.25) is 4.79 Å². The molecule has 24 heavy (non-hydrogen) atoms. The molecule has 3 rings (SSSR count). The second-order valence-corrected chi connectivity index (χ2v) is 5.46. The smallest absolute Gasteiger partial charge is 0.295 e. The summed E-state index contributed by atoms with van der Waals surface area (Å²) in [7, 11) is 0. The number of aryl methyl sites for hydroxylation is 2. The Bertz CT molecular complexity index is 935. The number of aromatic hydroxyl groups is 1. The number of hydrogen-bond acceptors (Lipinski definition) is 4. The van der Waals surface area contributed by atoms with Crippen molar-refractivity contribution in [2.75, 3.05) is 0 Å². The number of pyridine rings is 2. The van der Waals surface area contributed by atoms with E-state index in [0.717, 1.165) is 11.1 Å². The predicted molar refractivity (Wildman–Crippen MR) is 96.4 cm³/mol. The molecule has 0 amide bonds. The van der Waals surface area contributed by atoms with Gasteiger partial charge in [0.15, 0.2) is 5.75 Å². The second-order valence-electron chi connectivity index (χ2n) is 5.05. The number of fused-ring (bicyclic) bond motifs is 1. The van der Waals surface area contributed by atoms with Gasteiger partial charge in [0, 0.05) is 22.7 Å². The van der Waals surface area contributed by atoms with E-state index in [-0.39, 0.29) is 17.4 Å². The maximum Gasteiger partial charge on any atom is 0.295 e. The predicted octanol–water partition coefficient (Wildman–Crippen LogP) is 4.72. The molecule has 0 bridgehead atoms. The summed E-state index contributed by atoms with van der Waals surface area (Å²) in [6.07, 6.45) is 1.57. The third-order valence-corrected chi connectivity index (χ3v) is 3.73. The van der Waals surface area contributed by atoms with Gasteiger partial charge in [-0.2, -0.15) is 0 Å². The van der Waals surface area contributed by atoms with Crippen LogP contribution in [0, 0.1) is 13.8 Å². The molecule has 0 aliphatic rings. The molecular weight excluding hydrogens is 328 g/mol. The fourth-order valence-electron chi connectivity index (χ4n) is 2.15. The Morgan fingerprint density at radius 2 is 1.92 bits per heavy atom. The van der Waals surface area contributed by atoms with Crippen molar-refractivity contribution in [2.45, 2.75) is 27.7 Å². The molecular formula is C18H19ClN2O3. The summed E-state index contributed by atoms with van der Waals surface area (Å²) >= 11 is 6.03. The normalized spacial score (nSPS) is 10.2. The third kappa shape index (κ3) is 3.51. The van der Waals surface area contributed by atoms with Crippen LogP contribution in [0.15, 0.2) is 35.3 Å². The molecule has 2 N–H and O–H groups in total. The van der Waals surface area contributed by atoms with Gasteiger partial charge in [0.2, 0.25) is 11.6 Å². The van der Waals surface area contributed by atoms with Crippen molar-refractivity contribution in [3.8, 4) is 17.4 Å². The monoisotopic (exact) mass is 346 g/mol. The van der Waals surface area contributed by atoms with Crippen LogP contribution in [0.2, 0.25) is 5.02 Å². The number of rotatable bonds is 2. The molecule has 0 radical (unpaired) electrons. The van der Waals surface area contributed by atoms with Gasteiger partial charge in [-0.1, -0.05) is 25.4 Å². The minimum atomic E-state index is -0.548. The molecule has 0 saturated carbocycles. The van der Waals surface area contributed by atoms with Gasteiger partial charge >= 0.3 is 0 Å². The van der Waals surface area contributed by atoms with Crippen molar-refractivity contribution < 1.29 is 9.84 Å². The van der Waals surface area contributed by atoms with Crippen molar-refractivity contribution >= 4 is 22.5 Å². The van der Waals surface area contributed by atoms with Crippen LogP contribution >= 0.6 is 11.6 Å². The van der Waals surface area contributed by atoms with E-state index in [1.165, 1.54) is 0 Å². The summed E-state index contributed by atoms with van der Waals surface area (Å²) in [4.78, 5) is 18.8. The first kappa shape index (κ1) is 17.8. The Morgan fingerprint density at radius 1 is 1.21 bits per heavy atom. The van der Waals surface area contributed by atoms with Crippen molar-refractivity contribution in [3.05, 3.63) is 57.0 Å². The number of hydrogen-bond donors (Lipinski definition) is 2. The summed E-state index contributed by atoms with van der Waals surface area (Å²) in [6.45, 7) is 7.69. The number of ether oxygens (including phenoxy) is 1. The largest absolute Gasteiger partial charge is 0.504 e. The highest BCUT2D eigenvalue weighted by atomic mass is 35.5. The average Bonchev–Trinajstić information content (AvgIpc) is 2.56. The van der Waals surface area contributed by atoms with Crippen molar-refractivity contribution in [1.29, 1.82) is 0 Å². The molecule has 5 nitrogen and oxygen atoms in total. The number of aromatic nitrogens is 2. The zero-order chi connectivity index (χ0) is 17.9. The Balaban J connectivity index is 0.00000100. The molecule has 0 aliphatic carbocycles. The fourth-order valence-corrected chi connectivity index (χ4v) is 2.32. The van der Waals surface area contributed by atoms with Crippen LogP contribution in [-0.2, 0) is 0 Å². The van der Waals surface area contributed by atoms with E-state index in [1.807, 2.05) is 33.8 Å². The summed E-state index contributed by atoms with van der Waals surface area (Å²) in [5.41, 5.74) is 1.62. The van der Waals surface area contributed by atoms with E-state index in [4.69, 9.17) is 16.3 Å². The van der Waals surface area contributed by atoms with E-state index in [9.17, 15) is 9.90 Å². The van der Waals surface area contributed by atoms with E-state index in [2.05, 4.69) is 9.97 Å². The molecule has 1 aromatic carbocycles. The Labute approximate surface area is 144 Å². The molecule has 0 atom stereocenters. The number of benzene rings is 1. The first-order chi connectivity index (χ1) is 11.5. The average molecular weight is 347 g/mol. The van der Waals surface area contributed by atoms with Crippen molar-refractivity contribution in [1.82, 2.24) is 9.97 Å². The van der Waals surface area contributed by atoms with Gasteiger partial charge < -0.3 is 14.8 Å². The second kappa shape index (κ2) is 7.36. The SMILES string of the molecule is CC.Cc1ccnc(Oc2c(O)c3cc(C)c(Cl)cc3[nH]c2=O)c1. The van der Waals surface area contributed by atoms with E-state index >= 15 is 0 Å². The lowest BCUT2D eigenvalue weighted by atomic mass is 10.1. The molecule has 6 heteroatoms. The zero-order valence-corrected chi connectivity index (χ0v) is 14.7. The van der Waals surface area contributed by atoms with Crippen LogP contribution in [-0.4, -0.2) is 15.1 Å². The maximum absolute atomic E-state index is 12.1. The molecule has 126 valence electrons. The molecule has 2 heterocycles. The van der Waals surface area contributed by atoms with Crippen molar-refractivity contribution in [2.24, 2.45) is 0 Å². The van der Waals surface area contributed by atoms with E-state index in [1.54, 1.807) is 24.4 Å². The van der Waals surface area contributed by atoms with Gasteiger partial charge in [0.05, 0.1) is 5.52 Å². The maximum atomic E-state index is 12.1. The number of nitrogens with zero attached hydrogens (tertiary/aromatic N) is 1. The van der Waals surface area contributed by atoms with Gasteiger partial charge in [0.25, 0.3) is 5.56 Å². The molecule has 0 spiro atoms. The van der Waals surface area contributed by atoms with Crippen LogP contribution in [0.4, 0.5) is 0 Å². The molecule has 0 saturated heterocycles. The first-order valence-corrected chi connectivity index (χ1v) is 7.99. The van der Waals surface area contributed by atoms with Crippen molar-refractivity contribution in [3.63, 3.8) is 0 Å². The Morgan fingerprint density at radius 3 is 2.58 bits per heavy atom. The number of halogens is 1. The topological polar surface area (TPSA) is 75.2 Å². The van der Waals surface area contributed by atoms with Crippen LogP contribution in [0.3, 0.4) is 0 Å². The molecule has 0 unspecified atom stereocenters. The summed E-state index contributed by atoms with van der Waals surface area (Å²) in [5, 5.41) is 11.3. The summed E-state index contributed by atoms with van der Waals surface area (Å²) in [5.74, 6) is -0.181. The van der Waals surface area contributed by atoms with Crippen LogP contribution in [0.25, 0.3) is 10.9 Å². The Hall–Kier alpha value is -2.53. The highest BCUT2D eigenvalue weighted by Gasteiger charge is 2.16. The highest BCUT2D eigenvalue weighted by molar-refractivity contribution is 6.32. The summed E-state index contributed by atoms with van der Waals surface area (Å²) in [6, 6.07) is 6.78. The molecule has 2 aromatic heterocycles. The lowest BCUT2D eigenvalue weighted by Crippen LogP contribution is -2.09. The third-order valence-electron chi connectivity index (χ3n) is 3.32.